The third-order valence-corrected chi connectivity index (χ3v) is 4.21. The zero-order valence-corrected chi connectivity index (χ0v) is 13.5. The van der Waals surface area contributed by atoms with E-state index in [1.54, 1.807) is 7.11 Å². The molecule has 1 aromatic heterocycles. The van der Waals surface area contributed by atoms with Crippen LogP contribution in [0.25, 0.3) is 0 Å². The lowest BCUT2D eigenvalue weighted by atomic mass is 10.1. The molecule has 0 aromatic carbocycles. The second-order valence-corrected chi connectivity index (χ2v) is 5.64. The van der Waals surface area contributed by atoms with E-state index in [-0.39, 0.29) is 0 Å². The van der Waals surface area contributed by atoms with Gasteiger partial charge in [0.15, 0.2) is 0 Å². The molecular weight excluding hydrogens is 264 g/mol. The van der Waals surface area contributed by atoms with E-state index in [4.69, 9.17) is 4.74 Å². The Morgan fingerprint density at radius 2 is 2.29 bits per heavy atom. The number of likely N-dealkylation sites (N-methyl/N-ethyl adjacent to an activating group) is 1. The molecule has 21 heavy (non-hydrogen) atoms. The lowest BCUT2D eigenvalue weighted by Crippen LogP contribution is -2.51. The van der Waals surface area contributed by atoms with E-state index in [0.717, 1.165) is 45.1 Å². The van der Waals surface area contributed by atoms with Crippen LogP contribution in [0.3, 0.4) is 0 Å². The molecule has 0 spiro atoms. The lowest BCUT2D eigenvalue weighted by Gasteiger charge is -2.40. The van der Waals surface area contributed by atoms with Crippen LogP contribution in [0, 0.1) is 0 Å². The van der Waals surface area contributed by atoms with Gasteiger partial charge in [0.2, 0.25) is 0 Å². The minimum atomic E-state index is 0.620. The van der Waals surface area contributed by atoms with Crippen LogP contribution in [0.4, 0.5) is 5.82 Å². The van der Waals surface area contributed by atoms with Gasteiger partial charge < -0.3 is 15.0 Å². The van der Waals surface area contributed by atoms with Gasteiger partial charge in [0.05, 0.1) is 6.61 Å². The number of hydrogen-bond donors (Lipinski definition) is 1. The second kappa shape index (κ2) is 8.32. The molecule has 2 heterocycles. The van der Waals surface area contributed by atoms with Crippen molar-refractivity contribution in [2.45, 2.75) is 25.9 Å². The summed E-state index contributed by atoms with van der Waals surface area (Å²) in [6.07, 6.45) is 3.08. The summed E-state index contributed by atoms with van der Waals surface area (Å²) in [4.78, 5) is 9.52. The van der Waals surface area contributed by atoms with Gasteiger partial charge in [-0.15, -0.1) is 0 Å². The SMILES string of the molecule is CCC1CN(c2ncccc2CNCCOC)CCN1C. The van der Waals surface area contributed by atoms with Crippen LogP contribution < -0.4 is 10.2 Å². The largest absolute Gasteiger partial charge is 0.383 e. The fourth-order valence-electron chi connectivity index (χ4n) is 2.83. The molecular formula is C16H28N4O. The molecule has 118 valence electrons. The smallest absolute Gasteiger partial charge is 0.133 e. The highest BCUT2D eigenvalue weighted by Gasteiger charge is 2.24. The molecule has 1 aliphatic heterocycles. The number of nitrogens with one attached hydrogen (secondary N) is 1. The third kappa shape index (κ3) is 4.40. The van der Waals surface area contributed by atoms with Gasteiger partial charge in [-0.05, 0) is 19.5 Å². The summed E-state index contributed by atoms with van der Waals surface area (Å²) in [6, 6.07) is 4.81. The predicted molar refractivity (Wildman–Crippen MR) is 86.7 cm³/mol. The molecule has 1 aromatic rings. The number of methoxy groups -OCH3 is 1. The molecule has 0 radical (unpaired) electrons. The second-order valence-electron chi connectivity index (χ2n) is 5.64. The standard InChI is InChI=1S/C16H28N4O/c1-4-15-13-20(10-9-19(15)2)16-14(6-5-7-18-16)12-17-8-11-21-3/h5-7,15,17H,4,8-13H2,1-3H3. The monoisotopic (exact) mass is 292 g/mol. The highest BCUT2D eigenvalue weighted by molar-refractivity contribution is 5.47. The van der Waals surface area contributed by atoms with E-state index < -0.39 is 0 Å². The normalized spacial score (nSPS) is 20.0. The van der Waals surface area contributed by atoms with Gasteiger partial charge in [-0.3, -0.25) is 4.90 Å². The van der Waals surface area contributed by atoms with Crippen LogP contribution in [0.5, 0.6) is 0 Å². The molecule has 0 aliphatic carbocycles. The molecule has 1 fully saturated rings. The Balaban J connectivity index is 2.01. The number of rotatable bonds is 7. The van der Waals surface area contributed by atoms with Crippen LogP contribution in [-0.2, 0) is 11.3 Å². The van der Waals surface area contributed by atoms with Crippen molar-refractivity contribution in [3.63, 3.8) is 0 Å². The molecule has 1 atom stereocenters. The number of anilines is 1. The van der Waals surface area contributed by atoms with E-state index in [0.29, 0.717) is 6.04 Å². The maximum absolute atomic E-state index is 5.07. The van der Waals surface area contributed by atoms with Crippen LogP contribution in [0.2, 0.25) is 0 Å². The van der Waals surface area contributed by atoms with E-state index in [1.807, 2.05) is 12.3 Å². The van der Waals surface area contributed by atoms with E-state index in [2.05, 4.69) is 40.1 Å². The molecule has 1 saturated heterocycles. The van der Waals surface area contributed by atoms with Gasteiger partial charge in [-0.1, -0.05) is 13.0 Å². The quantitative estimate of drug-likeness (QED) is 0.768. The predicted octanol–water partition coefficient (Wildman–Crippen LogP) is 1.35. The fourth-order valence-corrected chi connectivity index (χ4v) is 2.83. The van der Waals surface area contributed by atoms with Gasteiger partial charge in [0.1, 0.15) is 5.82 Å². The first-order valence-corrected chi connectivity index (χ1v) is 7.85. The highest BCUT2D eigenvalue weighted by atomic mass is 16.5. The van der Waals surface area contributed by atoms with Gasteiger partial charge in [-0.25, -0.2) is 4.98 Å². The Hall–Kier alpha value is -1.17. The number of hydrogen-bond acceptors (Lipinski definition) is 5. The number of nitrogens with zero attached hydrogens (tertiary/aromatic N) is 3. The molecule has 5 nitrogen and oxygen atoms in total. The van der Waals surface area contributed by atoms with Crippen LogP contribution in [0.15, 0.2) is 18.3 Å². The van der Waals surface area contributed by atoms with Crippen molar-refractivity contribution in [1.29, 1.82) is 0 Å². The maximum atomic E-state index is 5.07. The Kier molecular flexibility index (Phi) is 6.42. The summed E-state index contributed by atoms with van der Waals surface area (Å²) >= 11 is 0. The van der Waals surface area contributed by atoms with Gasteiger partial charge in [0, 0.05) is 57.6 Å². The summed E-state index contributed by atoms with van der Waals surface area (Å²) in [5.74, 6) is 1.13. The van der Waals surface area contributed by atoms with E-state index in [9.17, 15) is 0 Å². The molecule has 0 saturated carbocycles. The molecule has 5 heteroatoms. The fraction of sp³-hybridized carbons (Fsp3) is 0.688. The van der Waals surface area contributed by atoms with E-state index >= 15 is 0 Å². The summed E-state index contributed by atoms with van der Waals surface area (Å²) in [5, 5.41) is 3.41. The zero-order chi connectivity index (χ0) is 15.1. The lowest BCUT2D eigenvalue weighted by molar-refractivity contribution is 0.199. The first-order valence-electron chi connectivity index (χ1n) is 7.85. The first kappa shape index (κ1) is 16.2. The number of pyridine rings is 1. The minimum Gasteiger partial charge on any atom is -0.383 e. The number of ether oxygens (including phenoxy) is 1. The van der Waals surface area contributed by atoms with Gasteiger partial charge >= 0.3 is 0 Å². The summed E-state index contributed by atoms with van der Waals surface area (Å²) < 4.78 is 5.07. The summed E-state index contributed by atoms with van der Waals surface area (Å²) in [7, 11) is 3.95. The Morgan fingerprint density at radius 1 is 1.43 bits per heavy atom. The number of aromatic nitrogens is 1. The summed E-state index contributed by atoms with van der Waals surface area (Å²) in [5.41, 5.74) is 1.27. The van der Waals surface area contributed by atoms with Gasteiger partial charge in [-0.2, -0.15) is 0 Å². The molecule has 0 bridgehead atoms. The average molecular weight is 292 g/mol. The van der Waals surface area contributed by atoms with Crippen molar-refractivity contribution >= 4 is 5.82 Å². The van der Waals surface area contributed by atoms with Crippen molar-refractivity contribution in [2.75, 3.05) is 51.8 Å². The molecule has 1 unspecified atom stereocenters. The van der Waals surface area contributed by atoms with Crippen molar-refractivity contribution < 1.29 is 4.74 Å². The minimum absolute atomic E-state index is 0.620. The van der Waals surface area contributed by atoms with E-state index in [1.165, 1.54) is 12.0 Å². The van der Waals surface area contributed by atoms with Crippen molar-refractivity contribution in [2.24, 2.45) is 0 Å². The maximum Gasteiger partial charge on any atom is 0.133 e. The summed E-state index contributed by atoms with van der Waals surface area (Å²) in [6.45, 7) is 7.93. The van der Waals surface area contributed by atoms with Crippen LogP contribution in [-0.4, -0.2) is 62.9 Å². The highest BCUT2D eigenvalue weighted by Crippen LogP contribution is 2.21. The topological polar surface area (TPSA) is 40.6 Å². The molecule has 0 amide bonds. The Labute approximate surface area is 128 Å². The Bertz CT molecular complexity index is 426. The molecule has 1 aliphatic rings. The van der Waals surface area contributed by atoms with Crippen LogP contribution >= 0.6 is 0 Å². The van der Waals surface area contributed by atoms with Crippen molar-refractivity contribution in [1.82, 2.24) is 15.2 Å². The Morgan fingerprint density at radius 3 is 3.05 bits per heavy atom. The third-order valence-electron chi connectivity index (χ3n) is 4.21. The van der Waals surface area contributed by atoms with Crippen LogP contribution in [0.1, 0.15) is 18.9 Å². The zero-order valence-electron chi connectivity index (χ0n) is 13.5. The van der Waals surface area contributed by atoms with Gasteiger partial charge in [0.25, 0.3) is 0 Å². The molecule has 2 rings (SSSR count). The average Bonchev–Trinajstić information content (AvgIpc) is 2.52. The van der Waals surface area contributed by atoms with Crippen molar-refractivity contribution in [3.05, 3.63) is 23.9 Å². The number of piperazine rings is 1. The first-order chi connectivity index (χ1) is 10.3. The molecule has 1 N–H and O–H groups in total. The van der Waals surface area contributed by atoms with Crippen molar-refractivity contribution in [3.8, 4) is 0 Å².